The lowest BCUT2D eigenvalue weighted by Gasteiger charge is -2.30. The Balaban J connectivity index is 1.43. The lowest BCUT2D eigenvalue weighted by atomic mass is 9.82. The zero-order chi connectivity index (χ0) is 26.7. The van der Waals surface area contributed by atoms with Crippen LogP contribution >= 0.6 is 0 Å². The Morgan fingerprint density at radius 2 is 1.97 bits per heavy atom. The predicted octanol–water partition coefficient (Wildman–Crippen LogP) is 1.90. The largest absolute Gasteiger partial charge is 0.396 e. The van der Waals surface area contributed by atoms with Crippen molar-refractivity contribution in [3.63, 3.8) is 0 Å². The first-order chi connectivity index (χ1) is 18.4. The van der Waals surface area contributed by atoms with E-state index in [1.807, 2.05) is 61.5 Å². The molecule has 0 aliphatic carbocycles. The highest BCUT2D eigenvalue weighted by Crippen LogP contribution is 2.49. The van der Waals surface area contributed by atoms with Crippen LogP contribution in [0.25, 0.3) is 0 Å². The van der Waals surface area contributed by atoms with Gasteiger partial charge in [0.15, 0.2) is 5.60 Å². The third-order valence-electron chi connectivity index (χ3n) is 7.14. The number of aromatic nitrogens is 3. The van der Waals surface area contributed by atoms with Crippen molar-refractivity contribution in [3.05, 3.63) is 78.1 Å². The Morgan fingerprint density at radius 3 is 2.74 bits per heavy atom. The maximum absolute atomic E-state index is 13.9. The van der Waals surface area contributed by atoms with E-state index in [0.717, 1.165) is 5.69 Å². The number of carbonyl (C=O) groups excluding carboxylic acids is 2. The van der Waals surface area contributed by atoms with Crippen molar-refractivity contribution in [1.82, 2.24) is 20.3 Å². The highest BCUT2D eigenvalue weighted by molar-refractivity contribution is 6.12. The Labute approximate surface area is 221 Å². The number of nitrogens with one attached hydrogen (secondary N) is 1. The minimum absolute atomic E-state index is 0.0225. The van der Waals surface area contributed by atoms with Gasteiger partial charge >= 0.3 is 0 Å². The number of piperazine rings is 1. The van der Waals surface area contributed by atoms with Crippen molar-refractivity contribution in [2.75, 3.05) is 36.0 Å². The number of aliphatic hydroxyl groups excluding tert-OH is 1. The second kappa shape index (κ2) is 10.9. The summed E-state index contributed by atoms with van der Waals surface area (Å²) in [6, 6.07) is 14.7. The fourth-order valence-corrected chi connectivity index (χ4v) is 5.06. The normalized spacial score (nSPS) is 20.4. The van der Waals surface area contributed by atoms with E-state index in [9.17, 15) is 14.7 Å². The number of para-hydroxylation sites is 1. The first-order valence-corrected chi connectivity index (χ1v) is 12.9. The SMILES string of the molecule is C[C@@H](/C=C/CCn1cc(CCO)nn1)[C@]1(O)C(=O)N(c2ccccc2)c2ccc(N3CCNCC3=O)cc21. The van der Waals surface area contributed by atoms with Crippen LogP contribution in [0.4, 0.5) is 17.1 Å². The summed E-state index contributed by atoms with van der Waals surface area (Å²) in [5.41, 5.74) is 1.34. The number of hydrogen-bond donors (Lipinski definition) is 3. The molecular formula is C28H32N6O4. The second-order valence-corrected chi connectivity index (χ2v) is 9.62. The predicted molar refractivity (Wildman–Crippen MR) is 143 cm³/mol. The summed E-state index contributed by atoms with van der Waals surface area (Å²) in [5, 5.41) is 32.3. The minimum atomic E-state index is -1.81. The monoisotopic (exact) mass is 516 g/mol. The van der Waals surface area contributed by atoms with Gasteiger partial charge in [0, 0.05) is 61.7 Å². The van der Waals surface area contributed by atoms with Gasteiger partial charge in [-0.3, -0.25) is 19.2 Å². The molecule has 1 aromatic heterocycles. The molecule has 2 aliphatic rings. The molecule has 2 aromatic carbocycles. The molecule has 0 spiro atoms. The standard InChI is InChI=1S/C28H32N6O4/c1-20(7-5-6-14-32-19-21(12-16-35)30-31-32)28(38)24-17-23(33-15-13-29-18-26(33)36)10-11-25(24)34(27(28)37)22-8-3-2-4-9-22/h2-5,7-11,17,19-20,29,35,38H,6,12-16,18H2,1H3/b7-5+/t20-,28+/m0/s1. The van der Waals surface area contributed by atoms with Crippen LogP contribution in [0.15, 0.2) is 66.9 Å². The molecule has 3 aromatic rings. The van der Waals surface area contributed by atoms with Gasteiger partial charge in [-0.15, -0.1) is 5.10 Å². The van der Waals surface area contributed by atoms with Crippen LogP contribution < -0.4 is 15.1 Å². The summed E-state index contributed by atoms with van der Waals surface area (Å²) < 4.78 is 1.71. The third kappa shape index (κ3) is 4.73. The van der Waals surface area contributed by atoms with Gasteiger partial charge < -0.3 is 20.4 Å². The van der Waals surface area contributed by atoms with Crippen LogP contribution in [-0.4, -0.2) is 63.3 Å². The first-order valence-electron chi connectivity index (χ1n) is 12.9. The van der Waals surface area contributed by atoms with Crippen molar-refractivity contribution in [1.29, 1.82) is 0 Å². The molecule has 0 bridgehead atoms. The fourth-order valence-electron chi connectivity index (χ4n) is 5.06. The summed E-state index contributed by atoms with van der Waals surface area (Å²) >= 11 is 0. The van der Waals surface area contributed by atoms with Gasteiger partial charge in [-0.2, -0.15) is 0 Å². The zero-order valence-electron chi connectivity index (χ0n) is 21.3. The molecule has 38 heavy (non-hydrogen) atoms. The van der Waals surface area contributed by atoms with Gasteiger partial charge in [0.05, 0.1) is 17.9 Å². The van der Waals surface area contributed by atoms with E-state index >= 15 is 0 Å². The summed E-state index contributed by atoms with van der Waals surface area (Å²) in [6.07, 6.45) is 6.67. The van der Waals surface area contributed by atoms with Crippen LogP contribution in [-0.2, 0) is 28.2 Å². The molecule has 3 N–H and O–H groups in total. The molecule has 1 fully saturated rings. The molecule has 2 atom stereocenters. The van der Waals surface area contributed by atoms with Crippen molar-refractivity contribution < 1.29 is 19.8 Å². The van der Waals surface area contributed by atoms with Gasteiger partial charge in [-0.05, 0) is 36.8 Å². The van der Waals surface area contributed by atoms with Crippen LogP contribution in [0.2, 0.25) is 0 Å². The van der Waals surface area contributed by atoms with Crippen LogP contribution in [0.3, 0.4) is 0 Å². The molecule has 2 aliphatic heterocycles. The molecule has 3 heterocycles. The smallest absolute Gasteiger partial charge is 0.268 e. The van der Waals surface area contributed by atoms with Gasteiger partial charge in [-0.1, -0.05) is 42.5 Å². The number of nitrogens with zero attached hydrogens (tertiary/aromatic N) is 5. The molecule has 198 valence electrons. The molecule has 2 amide bonds. The number of benzene rings is 2. The van der Waals surface area contributed by atoms with E-state index in [0.29, 0.717) is 55.1 Å². The molecule has 10 heteroatoms. The fraction of sp³-hybridized carbons (Fsp3) is 0.357. The number of aryl methyl sites for hydroxylation is 1. The molecule has 1 saturated heterocycles. The molecular weight excluding hydrogens is 484 g/mol. The number of aliphatic hydroxyl groups is 2. The molecule has 0 radical (unpaired) electrons. The van der Waals surface area contributed by atoms with E-state index in [1.165, 1.54) is 0 Å². The van der Waals surface area contributed by atoms with Gasteiger partial charge in [0.2, 0.25) is 5.91 Å². The molecule has 10 nitrogen and oxygen atoms in total. The summed E-state index contributed by atoms with van der Waals surface area (Å²) in [5.74, 6) is -1.02. The number of carbonyl (C=O) groups is 2. The lowest BCUT2D eigenvalue weighted by Crippen LogP contribution is -2.48. The second-order valence-electron chi connectivity index (χ2n) is 9.62. The number of amides is 2. The Hall–Kier alpha value is -3.86. The average Bonchev–Trinajstić information content (AvgIpc) is 3.47. The maximum Gasteiger partial charge on any atom is 0.268 e. The maximum atomic E-state index is 13.9. The van der Waals surface area contributed by atoms with E-state index in [4.69, 9.17) is 5.11 Å². The number of allylic oxidation sites excluding steroid dienone is 1. The summed E-state index contributed by atoms with van der Waals surface area (Å²) in [7, 11) is 0. The van der Waals surface area contributed by atoms with Crippen molar-refractivity contribution in [2.24, 2.45) is 5.92 Å². The topological polar surface area (TPSA) is 124 Å². The number of rotatable bonds is 9. The Kier molecular flexibility index (Phi) is 7.37. The highest BCUT2D eigenvalue weighted by Gasteiger charge is 2.53. The molecule has 5 rings (SSSR count). The highest BCUT2D eigenvalue weighted by atomic mass is 16.3. The molecule has 0 unspecified atom stereocenters. The van der Waals surface area contributed by atoms with Crippen LogP contribution in [0.1, 0.15) is 24.6 Å². The third-order valence-corrected chi connectivity index (χ3v) is 7.14. The van der Waals surface area contributed by atoms with Gasteiger partial charge in [-0.25, -0.2) is 0 Å². The summed E-state index contributed by atoms with van der Waals surface area (Å²) in [4.78, 5) is 29.7. The lowest BCUT2D eigenvalue weighted by molar-refractivity contribution is -0.138. The van der Waals surface area contributed by atoms with Crippen LogP contribution in [0.5, 0.6) is 0 Å². The Morgan fingerprint density at radius 1 is 1.16 bits per heavy atom. The quantitative estimate of drug-likeness (QED) is 0.371. The van der Waals surface area contributed by atoms with Crippen molar-refractivity contribution in [3.8, 4) is 0 Å². The minimum Gasteiger partial charge on any atom is -0.396 e. The summed E-state index contributed by atoms with van der Waals surface area (Å²) in [6.45, 7) is 3.87. The van der Waals surface area contributed by atoms with Crippen molar-refractivity contribution in [2.45, 2.75) is 31.9 Å². The number of anilines is 3. The Bertz CT molecular complexity index is 1340. The number of fused-ring (bicyclic) bond motifs is 1. The number of hydrogen-bond acceptors (Lipinski definition) is 7. The van der Waals surface area contributed by atoms with Crippen LogP contribution in [0, 0.1) is 5.92 Å². The van der Waals surface area contributed by atoms with E-state index in [2.05, 4.69) is 15.6 Å². The first kappa shape index (κ1) is 25.8. The molecule has 0 saturated carbocycles. The van der Waals surface area contributed by atoms with E-state index in [1.54, 1.807) is 26.7 Å². The van der Waals surface area contributed by atoms with E-state index < -0.39 is 17.4 Å². The zero-order valence-corrected chi connectivity index (χ0v) is 21.3. The van der Waals surface area contributed by atoms with Gasteiger partial charge in [0.1, 0.15) is 0 Å². The van der Waals surface area contributed by atoms with Gasteiger partial charge in [0.25, 0.3) is 5.91 Å². The average molecular weight is 517 g/mol. The van der Waals surface area contributed by atoms with E-state index in [-0.39, 0.29) is 19.1 Å². The van der Waals surface area contributed by atoms with Crippen molar-refractivity contribution >= 4 is 28.9 Å².